The number of carbonyl (C=O) groups excluding carboxylic acids is 2. The fourth-order valence-electron chi connectivity index (χ4n) is 5.83. The quantitative estimate of drug-likeness (QED) is 0.222. The molecule has 0 bridgehead atoms. The van der Waals surface area contributed by atoms with Gasteiger partial charge in [0.05, 0.1) is 36.0 Å². The van der Waals surface area contributed by atoms with Gasteiger partial charge in [-0.15, -0.1) is 0 Å². The molecule has 222 valence electrons. The Morgan fingerprint density at radius 2 is 1.57 bits per heavy atom. The van der Waals surface area contributed by atoms with Crippen LogP contribution in [0.25, 0.3) is 0 Å². The Hall–Kier alpha value is -4.82. The third-order valence-electron chi connectivity index (χ3n) is 7.86. The molecule has 2 aliphatic rings. The minimum absolute atomic E-state index is 0.125. The Morgan fingerprint density at radius 1 is 0.886 bits per heavy atom. The number of hydrogen-bond acceptors (Lipinski definition) is 6. The number of ether oxygens (including phenoxy) is 1. The van der Waals surface area contributed by atoms with E-state index in [9.17, 15) is 9.59 Å². The van der Waals surface area contributed by atoms with E-state index < -0.39 is 5.92 Å². The lowest BCUT2D eigenvalue weighted by atomic mass is 9.90. The molecule has 2 aliphatic heterocycles. The first kappa shape index (κ1) is 29.3. The van der Waals surface area contributed by atoms with Crippen molar-refractivity contribution in [3.8, 4) is 5.75 Å². The summed E-state index contributed by atoms with van der Waals surface area (Å²) >= 11 is 1.71. The molecule has 4 aromatic rings. The van der Waals surface area contributed by atoms with Crippen LogP contribution in [0.1, 0.15) is 42.0 Å². The minimum atomic E-state index is -0.475. The fraction of sp³-hybridized carbons (Fsp3) is 0.194. The fourth-order valence-corrected chi connectivity index (χ4v) is 6.85. The van der Waals surface area contributed by atoms with Crippen LogP contribution < -0.4 is 15.4 Å². The van der Waals surface area contributed by atoms with Crippen LogP contribution in [-0.2, 0) is 9.59 Å². The van der Waals surface area contributed by atoms with Gasteiger partial charge in [0, 0.05) is 18.0 Å². The van der Waals surface area contributed by atoms with Gasteiger partial charge in [-0.3, -0.25) is 9.59 Å². The van der Waals surface area contributed by atoms with E-state index in [0.29, 0.717) is 28.4 Å². The van der Waals surface area contributed by atoms with Gasteiger partial charge >= 0.3 is 0 Å². The highest BCUT2D eigenvalue weighted by atomic mass is 32.2. The molecule has 1 fully saturated rings. The van der Waals surface area contributed by atoms with Crippen LogP contribution in [0.2, 0.25) is 0 Å². The van der Waals surface area contributed by atoms with Crippen LogP contribution in [0.15, 0.2) is 125 Å². The zero-order valence-electron chi connectivity index (χ0n) is 24.7. The van der Waals surface area contributed by atoms with E-state index in [1.165, 1.54) is 0 Å². The molecule has 8 heteroatoms. The molecule has 0 aromatic heterocycles. The van der Waals surface area contributed by atoms with Crippen molar-refractivity contribution < 1.29 is 14.3 Å². The zero-order valence-corrected chi connectivity index (χ0v) is 25.5. The van der Waals surface area contributed by atoms with Gasteiger partial charge in [-0.05, 0) is 54.3 Å². The van der Waals surface area contributed by atoms with Crippen molar-refractivity contribution in [2.24, 2.45) is 4.99 Å². The summed E-state index contributed by atoms with van der Waals surface area (Å²) in [4.78, 5) is 34.9. The lowest BCUT2D eigenvalue weighted by Crippen LogP contribution is -2.43. The minimum Gasteiger partial charge on any atom is -0.495 e. The maximum absolute atomic E-state index is 14.0. The van der Waals surface area contributed by atoms with E-state index >= 15 is 0 Å². The van der Waals surface area contributed by atoms with Crippen LogP contribution in [0, 0.1) is 0 Å². The van der Waals surface area contributed by atoms with E-state index in [1.807, 2.05) is 116 Å². The number of amidine groups is 1. The van der Waals surface area contributed by atoms with Gasteiger partial charge in [0.15, 0.2) is 5.17 Å². The van der Waals surface area contributed by atoms with Gasteiger partial charge in [0.1, 0.15) is 5.75 Å². The van der Waals surface area contributed by atoms with Crippen LogP contribution in [0.4, 0.5) is 11.4 Å². The first-order valence-electron chi connectivity index (χ1n) is 14.7. The van der Waals surface area contributed by atoms with Crippen LogP contribution in [-0.4, -0.2) is 41.3 Å². The number of thioether (sulfide) groups is 1. The van der Waals surface area contributed by atoms with Gasteiger partial charge in [-0.1, -0.05) is 96.7 Å². The summed E-state index contributed by atoms with van der Waals surface area (Å²) in [5.41, 5.74) is 5.23. The van der Waals surface area contributed by atoms with Crippen molar-refractivity contribution in [3.05, 3.63) is 137 Å². The Labute approximate surface area is 262 Å². The standard InChI is InChI=1S/C36H34N4O3S/c1-24-31(34(41)39-29-19-9-10-20-30(29)43-2)33(40-21-12-22-44-36(40)37-24)27-17-11-18-28(23-27)38-35(42)32(25-13-5-3-6-14-25)26-15-7-4-8-16-26/h3-11,13-20,23,32-33H,12,21-22H2,1-2H3,(H,38,42)(H,39,41). The van der Waals surface area contributed by atoms with E-state index in [2.05, 4.69) is 15.5 Å². The highest BCUT2D eigenvalue weighted by Gasteiger charge is 2.37. The molecule has 2 amide bonds. The van der Waals surface area contributed by atoms with E-state index in [-0.39, 0.29) is 17.9 Å². The summed E-state index contributed by atoms with van der Waals surface area (Å²) < 4.78 is 5.48. The van der Waals surface area contributed by atoms with Crippen LogP contribution in [0.5, 0.6) is 5.75 Å². The maximum Gasteiger partial charge on any atom is 0.255 e. The first-order valence-corrected chi connectivity index (χ1v) is 15.7. The Kier molecular flexibility index (Phi) is 8.79. The number of allylic oxidation sites excluding steroid dienone is 1. The second-order valence-corrected chi connectivity index (χ2v) is 11.8. The molecule has 0 spiro atoms. The first-order chi connectivity index (χ1) is 21.5. The highest BCUT2D eigenvalue weighted by Crippen LogP contribution is 2.41. The monoisotopic (exact) mass is 602 g/mol. The molecule has 4 aromatic carbocycles. The van der Waals surface area contributed by atoms with Crippen molar-refractivity contribution in [2.45, 2.75) is 25.3 Å². The molecular weight excluding hydrogens is 568 g/mol. The number of nitrogens with one attached hydrogen (secondary N) is 2. The molecule has 2 N–H and O–H groups in total. The van der Waals surface area contributed by atoms with E-state index in [1.54, 1.807) is 18.9 Å². The molecule has 7 nitrogen and oxygen atoms in total. The maximum atomic E-state index is 14.0. The van der Waals surface area contributed by atoms with Crippen LogP contribution in [0.3, 0.4) is 0 Å². The van der Waals surface area contributed by atoms with E-state index in [0.717, 1.165) is 40.6 Å². The van der Waals surface area contributed by atoms with Crippen molar-refractivity contribution in [2.75, 3.05) is 30.0 Å². The molecule has 6 rings (SSSR count). The molecule has 2 heterocycles. The molecule has 0 saturated carbocycles. The zero-order chi connectivity index (χ0) is 30.5. The topological polar surface area (TPSA) is 83.0 Å². The molecule has 1 unspecified atom stereocenters. The summed E-state index contributed by atoms with van der Waals surface area (Å²) in [6.07, 6.45) is 0.979. The number of anilines is 2. The van der Waals surface area contributed by atoms with Crippen molar-refractivity contribution in [1.82, 2.24) is 4.90 Å². The number of amides is 2. The summed E-state index contributed by atoms with van der Waals surface area (Å²) in [5.74, 6) is 0.726. The van der Waals surface area contributed by atoms with Crippen molar-refractivity contribution in [3.63, 3.8) is 0 Å². The molecule has 0 radical (unpaired) electrons. The average molecular weight is 603 g/mol. The van der Waals surface area contributed by atoms with Gasteiger partial charge < -0.3 is 20.3 Å². The SMILES string of the molecule is COc1ccccc1NC(=O)C1=C(C)N=C2SCCCN2C1c1cccc(NC(=O)C(c2ccccc2)c2ccccc2)c1. The number of methoxy groups -OCH3 is 1. The number of benzene rings is 4. The third kappa shape index (κ3) is 6.12. The lowest BCUT2D eigenvalue weighted by molar-refractivity contribution is -0.117. The summed E-state index contributed by atoms with van der Waals surface area (Å²) in [5, 5.41) is 7.15. The van der Waals surface area contributed by atoms with Crippen LogP contribution >= 0.6 is 11.8 Å². The molecule has 1 saturated heterocycles. The van der Waals surface area contributed by atoms with E-state index in [4.69, 9.17) is 9.73 Å². The van der Waals surface area contributed by atoms with Gasteiger partial charge in [0.25, 0.3) is 5.91 Å². The number of hydrogen-bond donors (Lipinski definition) is 2. The normalized spacial score (nSPS) is 16.2. The summed E-state index contributed by atoms with van der Waals surface area (Å²) in [6.45, 7) is 2.66. The number of fused-ring (bicyclic) bond motifs is 1. The predicted octanol–water partition coefficient (Wildman–Crippen LogP) is 7.23. The smallest absolute Gasteiger partial charge is 0.255 e. The summed E-state index contributed by atoms with van der Waals surface area (Å²) in [7, 11) is 1.58. The number of rotatable bonds is 8. The average Bonchev–Trinajstić information content (AvgIpc) is 3.05. The molecule has 0 aliphatic carbocycles. The summed E-state index contributed by atoms with van der Waals surface area (Å²) in [6, 6.07) is 34.4. The van der Waals surface area contributed by atoms with Crippen molar-refractivity contribution >= 4 is 40.1 Å². The molecule has 1 atom stereocenters. The number of carbonyl (C=O) groups is 2. The van der Waals surface area contributed by atoms with Crippen molar-refractivity contribution in [1.29, 1.82) is 0 Å². The van der Waals surface area contributed by atoms with Gasteiger partial charge in [-0.25, -0.2) is 4.99 Å². The third-order valence-corrected chi connectivity index (χ3v) is 8.93. The highest BCUT2D eigenvalue weighted by molar-refractivity contribution is 8.13. The second kappa shape index (κ2) is 13.2. The van der Waals surface area contributed by atoms with Gasteiger partial charge in [0.2, 0.25) is 5.91 Å². The van der Waals surface area contributed by atoms with Gasteiger partial charge in [-0.2, -0.15) is 0 Å². The predicted molar refractivity (Wildman–Crippen MR) is 178 cm³/mol. The lowest BCUT2D eigenvalue weighted by Gasteiger charge is -2.41. The number of aliphatic imine (C=N–C) groups is 1. The number of nitrogens with zero attached hydrogens (tertiary/aromatic N) is 2. The Balaban J connectivity index is 1.34. The number of para-hydroxylation sites is 2. The molecular formula is C36H34N4O3S. The second-order valence-electron chi connectivity index (χ2n) is 10.7. The molecule has 44 heavy (non-hydrogen) atoms. The largest absolute Gasteiger partial charge is 0.495 e. The Morgan fingerprint density at radius 3 is 2.27 bits per heavy atom. The Bertz CT molecular complexity index is 1680.